The summed E-state index contributed by atoms with van der Waals surface area (Å²) in [6.45, 7) is 0. The summed E-state index contributed by atoms with van der Waals surface area (Å²) >= 11 is 6.74. The van der Waals surface area contributed by atoms with E-state index in [2.05, 4.69) is 0 Å². The molecule has 0 N–H and O–H groups in total. The highest BCUT2D eigenvalue weighted by Gasteiger charge is 2.12. The number of halogens is 2. The number of nitrogens with zero attached hydrogens (tertiary/aromatic N) is 1. The Kier molecular flexibility index (Phi) is 1.95. The Labute approximate surface area is 83.0 Å². The van der Waals surface area contributed by atoms with Gasteiger partial charge in [-0.15, -0.1) is 11.3 Å². The quantitative estimate of drug-likeness (QED) is 0.654. The zero-order valence-electron chi connectivity index (χ0n) is 6.34. The minimum atomic E-state index is -0.467. The molecule has 1 aromatic heterocycles. The van der Waals surface area contributed by atoms with Crippen molar-refractivity contribution in [2.75, 3.05) is 0 Å². The second kappa shape index (κ2) is 2.99. The number of hydrogen-bond acceptors (Lipinski definition) is 2. The molecule has 0 atom stereocenters. The maximum Gasteiger partial charge on any atom is 0.195 e. The monoisotopic (exact) mass is 211 g/mol. The molecule has 0 saturated carbocycles. The number of benzene rings is 1. The van der Waals surface area contributed by atoms with Crippen molar-refractivity contribution in [2.24, 2.45) is 0 Å². The van der Waals surface area contributed by atoms with Gasteiger partial charge in [0.1, 0.15) is 11.6 Å². The first kappa shape index (κ1) is 8.49. The zero-order chi connectivity index (χ0) is 9.42. The van der Waals surface area contributed by atoms with E-state index in [1.165, 1.54) is 0 Å². The highest BCUT2D eigenvalue weighted by Crippen LogP contribution is 2.34. The summed E-state index contributed by atoms with van der Waals surface area (Å²) in [6, 6.07) is 6.90. The van der Waals surface area contributed by atoms with E-state index < -0.39 is 5.13 Å². The van der Waals surface area contributed by atoms with Crippen LogP contribution >= 0.6 is 22.9 Å². The summed E-state index contributed by atoms with van der Waals surface area (Å²) in [5.41, 5.74) is 0.0856. The van der Waals surface area contributed by atoms with Crippen molar-refractivity contribution < 1.29 is 4.39 Å². The van der Waals surface area contributed by atoms with Crippen LogP contribution in [0.1, 0.15) is 5.56 Å². The fourth-order valence-corrected chi connectivity index (χ4v) is 2.33. The molecule has 64 valence electrons. The average molecular weight is 212 g/mol. The molecular weight excluding hydrogens is 209 g/mol. The van der Waals surface area contributed by atoms with Gasteiger partial charge < -0.3 is 0 Å². The third kappa shape index (κ3) is 1.19. The van der Waals surface area contributed by atoms with E-state index in [-0.39, 0.29) is 5.56 Å². The molecule has 0 unspecified atom stereocenters. The fraction of sp³-hybridized carbons (Fsp3) is 0. The lowest BCUT2D eigenvalue weighted by atomic mass is 10.2. The Morgan fingerprint density at radius 1 is 1.46 bits per heavy atom. The molecule has 0 aliphatic rings. The maximum absolute atomic E-state index is 13.1. The normalized spacial score (nSPS) is 10.2. The van der Waals surface area contributed by atoms with Crippen LogP contribution in [0.2, 0.25) is 5.02 Å². The van der Waals surface area contributed by atoms with Crippen molar-refractivity contribution in [2.45, 2.75) is 0 Å². The highest BCUT2D eigenvalue weighted by atomic mass is 35.5. The molecule has 13 heavy (non-hydrogen) atoms. The predicted molar refractivity (Wildman–Crippen MR) is 51.5 cm³/mol. The Bertz CT molecular complexity index is 512. The average Bonchev–Trinajstić information content (AvgIpc) is 2.43. The van der Waals surface area contributed by atoms with Crippen LogP contribution in [0.5, 0.6) is 0 Å². The Morgan fingerprint density at radius 2 is 2.23 bits per heavy atom. The van der Waals surface area contributed by atoms with E-state index in [9.17, 15) is 4.39 Å². The van der Waals surface area contributed by atoms with Gasteiger partial charge in [0.15, 0.2) is 5.13 Å². The molecule has 0 amide bonds. The molecule has 0 fully saturated rings. The Morgan fingerprint density at radius 3 is 2.92 bits per heavy atom. The first-order valence-corrected chi connectivity index (χ1v) is 4.70. The molecule has 0 aliphatic heterocycles. The molecule has 0 spiro atoms. The minimum Gasteiger partial charge on any atom is -0.194 e. The highest BCUT2D eigenvalue weighted by molar-refractivity contribution is 7.18. The lowest BCUT2D eigenvalue weighted by Gasteiger charge is -1.90. The summed E-state index contributed by atoms with van der Waals surface area (Å²) in [4.78, 5) is 0. The number of rotatable bonds is 0. The Balaban J connectivity index is 2.96. The molecule has 1 aromatic carbocycles. The van der Waals surface area contributed by atoms with E-state index >= 15 is 0 Å². The molecule has 1 heterocycles. The summed E-state index contributed by atoms with van der Waals surface area (Å²) in [6.07, 6.45) is 0. The van der Waals surface area contributed by atoms with Crippen molar-refractivity contribution in [3.05, 3.63) is 33.9 Å². The van der Waals surface area contributed by atoms with Crippen LogP contribution in [0.15, 0.2) is 18.2 Å². The molecule has 0 aliphatic carbocycles. The zero-order valence-corrected chi connectivity index (χ0v) is 7.92. The van der Waals surface area contributed by atoms with Gasteiger partial charge in [-0.25, -0.2) is 0 Å². The SMILES string of the molecule is N#Cc1c(F)sc2c(Cl)cccc12. The van der Waals surface area contributed by atoms with Crippen LogP contribution in [-0.2, 0) is 0 Å². The van der Waals surface area contributed by atoms with Gasteiger partial charge in [0.05, 0.1) is 9.72 Å². The summed E-state index contributed by atoms with van der Waals surface area (Å²) in [5, 5.41) is 9.29. The smallest absolute Gasteiger partial charge is 0.194 e. The van der Waals surface area contributed by atoms with Gasteiger partial charge in [-0.2, -0.15) is 9.65 Å². The lowest BCUT2D eigenvalue weighted by Crippen LogP contribution is -1.73. The fourth-order valence-electron chi connectivity index (χ4n) is 1.16. The van der Waals surface area contributed by atoms with E-state index in [0.29, 0.717) is 15.1 Å². The molecule has 0 radical (unpaired) electrons. The van der Waals surface area contributed by atoms with Crippen molar-refractivity contribution in [3.63, 3.8) is 0 Å². The molecule has 0 saturated heterocycles. The molecular formula is C9H3ClFNS. The second-order valence-electron chi connectivity index (χ2n) is 2.48. The van der Waals surface area contributed by atoms with Gasteiger partial charge in [-0.3, -0.25) is 0 Å². The van der Waals surface area contributed by atoms with Crippen LogP contribution in [0.4, 0.5) is 4.39 Å². The van der Waals surface area contributed by atoms with Crippen molar-refractivity contribution >= 4 is 33.0 Å². The van der Waals surface area contributed by atoms with Crippen LogP contribution in [0.3, 0.4) is 0 Å². The molecule has 4 heteroatoms. The van der Waals surface area contributed by atoms with Crippen LogP contribution < -0.4 is 0 Å². The third-order valence-electron chi connectivity index (χ3n) is 1.74. The van der Waals surface area contributed by atoms with Gasteiger partial charge in [0.2, 0.25) is 0 Å². The third-order valence-corrected chi connectivity index (χ3v) is 3.19. The van der Waals surface area contributed by atoms with Crippen molar-refractivity contribution in [1.29, 1.82) is 5.26 Å². The summed E-state index contributed by atoms with van der Waals surface area (Å²) in [7, 11) is 0. The molecule has 2 rings (SSSR count). The van der Waals surface area contributed by atoms with E-state index in [4.69, 9.17) is 16.9 Å². The first-order chi connectivity index (χ1) is 6.24. The Hall–Kier alpha value is -1.11. The lowest BCUT2D eigenvalue weighted by molar-refractivity contribution is 0.655. The van der Waals surface area contributed by atoms with Gasteiger partial charge in [-0.05, 0) is 6.07 Å². The van der Waals surface area contributed by atoms with Gasteiger partial charge in [0.25, 0.3) is 0 Å². The summed E-state index contributed by atoms with van der Waals surface area (Å²) in [5.74, 6) is 0. The number of hydrogen-bond donors (Lipinski definition) is 0. The standard InChI is InChI=1S/C9H3ClFNS/c10-7-3-1-2-5-6(4-12)9(11)13-8(5)7/h1-3H. The summed E-state index contributed by atoms with van der Waals surface area (Å²) < 4.78 is 13.8. The first-order valence-electron chi connectivity index (χ1n) is 3.50. The van der Waals surface area contributed by atoms with E-state index in [0.717, 1.165) is 11.3 Å². The van der Waals surface area contributed by atoms with Crippen LogP contribution in [-0.4, -0.2) is 0 Å². The van der Waals surface area contributed by atoms with E-state index in [1.807, 2.05) is 6.07 Å². The topological polar surface area (TPSA) is 23.8 Å². The van der Waals surface area contributed by atoms with E-state index in [1.54, 1.807) is 18.2 Å². The molecule has 0 bridgehead atoms. The van der Waals surface area contributed by atoms with Crippen molar-refractivity contribution in [1.82, 2.24) is 0 Å². The number of thiophene rings is 1. The molecule has 2 aromatic rings. The largest absolute Gasteiger partial charge is 0.195 e. The predicted octanol–water partition coefficient (Wildman–Crippen LogP) is 3.57. The minimum absolute atomic E-state index is 0.0856. The van der Waals surface area contributed by atoms with Crippen LogP contribution in [0.25, 0.3) is 10.1 Å². The van der Waals surface area contributed by atoms with Gasteiger partial charge in [-0.1, -0.05) is 23.7 Å². The number of fused-ring (bicyclic) bond motifs is 1. The van der Waals surface area contributed by atoms with Gasteiger partial charge >= 0.3 is 0 Å². The van der Waals surface area contributed by atoms with Crippen LogP contribution in [0, 0.1) is 16.5 Å². The van der Waals surface area contributed by atoms with Crippen molar-refractivity contribution in [3.8, 4) is 6.07 Å². The van der Waals surface area contributed by atoms with Gasteiger partial charge in [0, 0.05) is 5.39 Å². The molecule has 1 nitrogen and oxygen atoms in total. The number of nitriles is 1. The second-order valence-corrected chi connectivity index (χ2v) is 3.86. The maximum atomic E-state index is 13.1.